The molecule has 1 heterocycles. The van der Waals surface area contributed by atoms with E-state index in [1.54, 1.807) is 13.2 Å². The van der Waals surface area contributed by atoms with Crippen molar-refractivity contribution in [2.24, 2.45) is 0 Å². The van der Waals surface area contributed by atoms with Crippen LogP contribution in [0.3, 0.4) is 0 Å². The van der Waals surface area contributed by atoms with E-state index in [-0.39, 0.29) is 5.82 Å². The summed E-state index contributed by atoms with van der Waals surface area (Å²) < 4.78 is 19.1. The summed E-state index contributed by atoms with van der Waals surface area (Å²) in [5.41, 5.74) is 2.73. The molecule has 1 aromatic heterocycles. The van der Waals surface area contributed by atoms with Crippen LogP contribution in [0.1, 0.15) is 37.7 Å². The Morgan fingerprint density at radius 1 is 1.10 bits per heavy atom. The van der Waals surface area contributed by atoms with Crippen molar-refractivity contribution in [3.63, 3.8) is 0 Å². The highest BCUT2D eigenvalue weighted by Gasteiger charge is 2.28. The molecule has 0 radical (unpaired) electrons. The summed E-state index contributed by atoms with van der Waals surface area (Å²) in [5.74, 6) is 0.450. The maximum atomic E-state index is 13.7. The van der Waals surface area contributed by atoms with Crippen LogP contribution < -0.4 is 10.1 Å². The van der Waals surface area contributed by atoms with E-state index in [2.05, 4.69) is 11.4 Å². The largest absolute Gasteiger partial charge is 0.497 e. The van der Waals surface area contributed by atoms with Crippen molar-refractivity contribution in [1.29, 1.82) is 0 Å². The fourth-order valence-corrected chi connectivity index (χ4v) is 4.16. The van der Waals surface area contributed by atoms with Crippen LogP contribution in [0.2, 0.25) is 0 Å². The summed E-state index contributed by atoms with van der Waals surface area (Å²) in [6, 6.07) is 14.5. The van der Waals surface area contributed by atoms with Gasteiger partial charge in [0, 0.05) is 30.1 Å². The number of ether oxygens (including phenoxy) is 1. The van der Waals surface area contributed by atoms with Gasteiger partial charge in [0.2, 0.25) is 0 Å². The third kappa shape index (κ3) is 4.57. The Kier molecular flexibility index (Phi) is 5.79. The van der Waals surface area contributed by atoms with Crippen LogP contribution in [0.15, 0.2) is 48.5 Å². The quantitative estimate of drug-likeness (QED) is 0.629. The van der Waals surface area contributed by atoms with Gasteiger partial charge in [-0.25, -0.2) is 9.37 Å². The first-order valence-corrected chi connectivity index (χ1v) is 10.2. The second kappa shape index (κ2) is 8.47. The van der Waals surface area contributed by atoms with Crippen molar-refractivity contribution in [3.8, 4) is 17.0 Å². The summed E-state index contributed by atoms with van der Waals surface area (Å²) in [4.78, 5) is 4.77. The number of rotatable bonds is 6. The molecule has 0 spiro atoms. The van der Waals surface area contributed by atoms with Crippen LogP contribution in [0.25, 0.3) is 22.2 Å². The molecule has 0 saturated heterocycles. The number of hydrogen-bond acceptors (Lipinski definition) is 4. The average Bonchev–Trinajstić information content (AvgIpc) is 2.74. The molecule has 1 saturated carbocycles. The van der Waals surface area contributed by atoms with Gasteiger partial charge < -0.3 is 15.2 Å². The number of hydrogen-bond donors (Lipinski definition) is 2. The minimum atomic E-state index is -0.623. The number of halogens is 1. The molecule has 29 heavy (non-hydrogen) atoms. The predicted molar refractivity (Wildman–Crippen MR) is 113 cm³/mol. The molecular formula is C24H27FN2O2. The minimum absolute atomic E-state index is 0.299. The molecule has 0 bridgehead atoms. The van der Waals surface area contributed by atoms with Gasteiger partial charge in [-0.1, -0.05) is 31.4 Å². The fourth-order valence-electron chi connectivity index (χ4n) is 4.16. The maximum absolute atomic E-state index is 13.7. The van der Waals surface area contributed by atoms with Gasteiger partial charge >= 0.3 is 0 Å². The second-order valence-electron chi connectivity index (χ2n) is 7.95. The fraction of sp³-hybridized carbons (Fsp3) is 0.375. The summed E-state index contributed by atoms with van der Waals surface area (Å²) in [7, 11) is 1.63. The number of pyridine rings is 1. The van der Waals surface area contributed by atoms with E-state index in [0.29, 0.717) is 18.6 Å². The van der Waals surface area contributed by atoms with Crippen LogP contribution in [0, 0.1) is 5.82 Å². The third-order valence-corrected chi connectivity index (χ3v) is 5.76. The SMILES string of the molecule is COc1cccc(-c2nc3cc(F)ccc3cc2CNCC2(O)CCCCC2)c1. The highest BCUT2D eigenvalue weighted by molar-refractivity contribution is 5.83. The highest BCUT2D eigenvalue weighted by Crippen LogP contribution is 2.30. The third-order valence-electron chi connectivity index (χ3n) is 5.76. The molecule has 0 atom stereocenters. The molecule has 0 amide bonds. The molecule has 4 rings (SSSR count). The Balaban J connectivity index is 1.66. The van der Waals surface area contributed by atoms with Gasteiger partial charge in [-0.05, 0) is 48.7 Å². The summed E-state index contributed by atoms with van der Waals surface area (Å²) >= 11 is 0. The molecule has 5 heteroatoms. The maximum Gasteiger partial charge on any atom is 0.125 e. The smallest absolute Gasteiger partial charge is 0.125 e. The van der Waals surface area contributed by atoms with E-state index < -0.39 is 5.60 Å². The van der Waals surface area contributed by atoms with Gasteiger partial charge in [0.05, 0.1) is 23.9 Å². The van der Waals surface area contributed by atoms with Crippen molar-refractivity contribution in [3.05, 3.63) is 59.9 Å². The monoisotopic (exact) mass is 394 g/mol. The molecule has 1 aliphatic rings. The number of aromatic nitrogens is 1. The van der Waals surface area contributed by atoms with E-state index in [9.17, 15) is 9.50 Å². The van der Waals surface area contributed by atoms with Crippen molar-refractivity contribution < 1.29 is 14.2 Å². The van der Waals surface area contributed by atoms with Gasteiger partial charge in [0.25, 0.3) is 0 Å². The number of nitrogens with one attached hydrogen (secondary N) is 1. The standard InChI is InChI=1S/C24H27FN2O2/c1-29-21-7-5-6-18(13-21)23-19(12-17-8-9-20(25)14-22(17)27-23)15-26-16-24(28)10-3-2-4-11-24/h5-9,12-14,26,28H,2-4,10-11,15-16H2,1H3. The molecule has 2 N–H and O–H groups in total. The van der Waals surface area contributed by atoms with E-state index in [1.807, 2.05) is 24.3 Å². The summed E-state index contributed by atoms with van der Waals surface area (Å²) in [6.07, 6.45) is 5.05. The van der Waals surface area contributed by atoms with Crippen molar-refractivity contribution >= 4 is 10.9 Å². The first kappa shape index (κ1) is 19.8. The topological polar surface area (TPSA) is 54.4 Å². The zero-order valence-corrected chi connectivity index (χ0v) is 16.7. The van der Waals surface area contributed by atoms with Crippen LogP contribution in [-0.2, 0) is 6.54 Å². The van der Waals surface area contributed by atoms with Crippen molar-refractivity contribution in [1.82, 2.24) is 10.3 Å². The number of fused-ring (bicyclic) bond motifs is 1. The molecule has 152 valence electrons. The molecular weight excluding hydrogens is 367 g/mol. The van der Waals surface area contributed by atoms with E-state index in [0.717, 1.165) is 53.6 Å². The van der Waals surface area contributed by atoms with Crippen LogP contribution in [0.5, 0.6) is 5.75 Å². The number of benzene rings is 2. The van der Waals surface area contributed by atoms with Gasteiger partial charge in [0.15, 0.2) is 0 Å². The Morgan fingerprint density at radius 2 is 1.93 bits per heavy atom. The molecule has 2 aromatic carbocycles. The zero-order chi connectivity index (χ0) is 20.3. The first-order chi connectivity index (χ1) is 14.1. The van der Waals surface area contributed by atoms with E-state index in [4.69, 9.17) is 9.72 Å². The molecule has 0 aliphatic heterocycles. The van der Waals surface area contributed by atoms with E-state index >= 15 is 0 Å². The Morgan fingerprint density at radius 3 is 2.72 bits per heavy atom. The lowest BCUT2D eigenvalue weighted by atomic mass is 9.85. The normalized spacial score (nSPS) is 16.1. The van der Waals surface area contributed by atoms with Gasteiger partial charge in [0.1, 0.15) is 11.6 Å². The van der Waals surface area contributed by atoms with Crippen molar-refractivity contribution in [2.75, 3.05) is 13.7 Å². The second-order valence-corrected chi connectivity index (χ2v) is 7.95. The van der Waals surface area contributed by atoms with E-state index in [1.165, 1.54) is 18.6 Å². The summed E-state index contributed by atoms with van der Waals surface area (Å²) in [6.45, 7) is 1.14. The number of aliphatic hydroxyl groups is 1. The Hall–Kier alpha value is -2.50. The lowest BCUT2D eigenvalue weighted by Crippen LogP contribution is -2.41. The first-order valence-electron chi connectivity index (χ1n) is 10.2. The summed E-state index contributed by atoms with van der Waals surface area (Å²) in [5, 5.41) is 15.1. The average molecular weight is 394 g/mol. The Bertz CT molecular complexity index is 999. The van der Waals surface area contributed by atoms with Crippen LogP contribution in [-0.4, -0.2) is 29.3 Å². The molecule has 3 aromatic rings. The highest BCUT2D eigenvalue weighted by atomic mass is 19.1. The lowest BCUT2D eigenvalue weighted by molar-refractivity contribution is 0.00468. The van der Waals surface area contributed by atoms with Crippen LogP contribution >= 0.6 is 0 Å². The minimum Gasteiger partial charge on any atom is -0.497 e. The van der Waals surface area contributed by atoms with Gasteiger partial charge in [-0.3, -0.25) is 0 Å². The van der Waals surface area contributed by atoms with Crippen LogP contribution in [0.4, 0.5) is 4.39 Å². The molecule has 1 fully saturated rings. The van der Waals surface area contributed by atoms with Gasteiger partial charge in [-0.15, -0.1) is 0 Å². The molecule has 1 aliphatic carbocycles. The zero-order valence-electron chi connectivity index (χ0n) is 16.7. The molecule has 4 nitrogen and oxygen atoms in total. The van der Waals surface area contributed by atoms with Crippen molar-refractivity contribution in [2.45, 2.75) is 44.2 Å². The molecule has 0 unspecified atom stereocenters. The predicted octanol–water partition coefficient (Wildman–Crippen LogP) is 4.83. The number of nitrogens with zero attached hydrogens (tertiary/aromatic N) is 1. The lowest BCUT2D eigenvalue weighted by Gasteiger charge is -2.32. The van der Waals surface area contributed by atoms with Gasteiger partial charge in [-0.2, -0.15) is 0 Å². The Labute approximate surface area is 170 Å². The number of methoxy groups -OCH3 is 1.